The van der Waals surface area contributed by atoms with E-state index in [1.165, 1.54) is 18.2 Å². The molecule has 4 rings (SSSR count). The van der Waals surface area contributed by atoms with Crippen molar-refractivity contribution in [2.75, 3.05) is 37.7 Å². The number of alkyl halides is 3. The van der Waals surface area contributed by atoms with Crippen LogP contribution in [0.1, 0.15) is 23.3 Å². The van der Waals surface area contributed by atoms with Crippen molar-refractivity contribution in [2.24, 2.45) is 0 Å². The second kappa shape index (κ2) is 10.2. The molecule has 0 aliphatic carbocycles. The zero-order valence-electron chi connectivity index (χ0n) is 19.3. The maximum Gasteiger partial charge on any atom is 0.573 e. The summed E-state index contributed by atoms with van der Waals surface area (Å²) in [5.74, 6) is -0.603. The summed E-state index contributed by atoms with van der Waals surface area (Å²) in [7, 11) is 0. The van der Waals surface area contributed by atoms with E-state index in [2.05, 4.69) is 25.3 Å². The number of nitrogens with one attached hydrogen (secondary N) is 2. The van der Waals surface area contributed by atoms with Crippen molar-refractivity contribution in [2.45, 2.75) is 24.7 Å². The number of carbonyl (C=O) groups is 2. The molecule has 3 heterocycles. The summed E-state index contributed by atoms with van der Waals surface area (Å²) in [6.45, 7) is 1.18. The topological polar surface area (TPSA) is 158 Å². The Bertz CT molecular complexity index is 1220. The first-order valence-corrected chi connectivity index (χ1v) is 11.4. The highest BCUT2D eigenvalue weighted by atomic mass is 35.5. The van der Waals surface area contributed by atoms with E-state index in [0.29, 0.717) is 38.3 Å². The SMILES string of the molecule is Nc1nc(N)c(C(=O)/C=C2\NCC3(CCN(C(=O)COc4ccc(OC(F)(F)F)cc4)CC3)N2)nc1Cl. The van der Waals surface area contributed by atoms with E-state index >= 15 is 0 Å². The fraction of sp³-hybridized carbons (Fsp3) is 0.364. The number of nitrogen functional groups attached to an aromatic ring is 2. The Hall–Kier alpha value is -3.94. The highest BCUT2D eigenvalue weighted by Gasteiger charge is 2.40. The predicted molar refractivity (Wildman–Crippen MR) is 127 cm³/mol. The summed E-state index contributed by atoms with van der Waals surface area (Å²) in [5.41, 5.74) is 10.8. The Kier molecular flexibility index (Phi) is 7.21. The largest absolute Gasteiger partial charge is 0.573 e. The van der Waals surface area contributed by atoms with Crippen LogP contribution < -0.4 is 31.6 Å². The maximum absolute atomic E-state index is 12.6. The molecule has 6 N–H and O–H groups in total. The van der Waals surface area contributed by atoms with Gasteiger partial charge in [0.25, 0.3) is 5.91 Å². The van der Waals surface area contributed by atoms with E-state index in [1.54, 1.807) is 4.90 Å². The molecule has 1 amide bonds. The van der Waals surface area contributed by atoms with Crippen molar-refractivity contribution in [3.63, 3.8) is 0 Å². The predicted octanol–water partition coefficient (Wildman–Crippen LogP) is 1.85. The van der Waals surface area contributed by atoms with E-state index in [9.17, 15) is 22.8 Å². The Labute approximate surface area is 213 Å². The number of halogens is 4. The monoisotopic (exact) mass is 541 g/mol. The molecule has 0 saturated carbocycles. The van der Waals surface area contributed by atoms with Gasteiger partial charge in [-0.15, -0.1) is 13.2 Å². The fourth-order valence-electron chi connectivity index (χ4n) is 4.01. The van der Waals surface area contributed by atoms with Crippen LogP contribution in [0.25, 0.3) is 0 Å². The van der Waals surface area contributed by atoms with Gasteiger partial charge >= 0.3 is 6.36 Å². The van der Waals surface area contributed by atoms with Gasteiger partial charge in [0.05, 0.1) is 5.54 Å². The lowest BCUT2D eigenvalue weighted by atomic mass is 9.88. The van der Waals surface area contributed by atoms with Crippen molar-refractivity contribution < 1.29 is 32.2 Å². The number of piperidine rings is 1. The summed E-state index contributed by atoms with van der Waals surface area (Å²) >= 11 is 5.84. The third kappa shape index (κ3) is 6.44. The second-order valence-electron chi connectivity index (χ2n) is 8.50. The van der Waals surface area contributed by atoms with Gasteiger partial charge in [0, 0.05) is 25.7 Å². The van der Waals surface area contributed by atoms with Crippen molar-refractivity contribution in [3.8, 4) is 11.5 Å². The Balaban J connectivity index is 1.27. The van der Waals surface area contributed by atoms with Gasteiger partial charge < -0.3 is 36.5 Å². The molecule has 0 atom stereocenters. The van der Waals surface area contributed by atoms with E-state index < -0.39 is 12.1 Å². The van der Waals surface area contributed by atoms with Crippen LogP contribution in [0.2, 0.25) is 5.15 Å². The van der Waals surface area contributed by atoms with Crippen LogP contribution in [0.3, 0.4) is 0 Å². The number of benzene rings is 1. The number of rotatable bonds is 6. The van der Waals surface area contributed by atoms with Crippen LogP contribution in [0, 0.1) is 0 Å². The molecule has 0 unspecified atom stereocenters. The number of amides is 1. The van der Waals surface area contributed by atoms with Crippen LogP contribution >= 0.6 is 11.6 Å². The lowest BCUT2D eigenvalue weighted by Gasteiger charge is -2.38. The Morgan fingerprint density at radius 3 is 2.41 bits per heavy atom. The van der Waals surface area contributed by atoms with Gasteiger partial charge in [-0.1, -0.05) is 11.6 Å². The first-order chi connectivity index (χ1) is 17.4. The summed E-state index contributed by atoms with van der Waals surface area (Å²) in [5, 5.41) is 6.34. The normalized spacial score (nSPS) is 17.8. The van der Waals surface area contributed by atoms with Gasteiger partial charge in [0.2, 0.25) is 5.78 Å². The standard InChI is InChI=1S/C22H23ClF3N7O4/c23-18-20(28)31-19(27)17(30-18)14(34)9-15-29-11-21(32-15)5-7-33(8-6-21)16(35)10-36-12-1-3-13(4-2-12)37-22(24,25)26/h1-4,9,29,32H,5-8,10-11H2,(H4,27,28,31)/b15-9+. The smallest absolute Gasteiger partial charge is 0.484 e. The molecule has 2 fully saturated rings. The van der Waals surface area contributed by atoms with Gasteiger partial charge in [-0.3, -0.25) is 9.59 Å². The zero-order valence-corrected chi connectivity index (χ0v) is 20.0. The lowest BCUT2D eigenvalue weighted by Crippen LogP contribution is -2.53. The molecule has 198 valence electrons. The summed E-state index contributed by atoms with van der Waals surface area (Å²) < 4.78 is 46.0. The van der Waals surface area contributed by atoms with E-state index in [0.717, 1.165) is 12.1 Å². The minimum atomic E-state index is -4.78. The number of nitrogens with two attached hydrogens (primary N) is 2. The third-order valence-electron chi connectivity index (χ3n) is 5.92. The first kappa shape index (κ1) is 26.1. The van der Waals surface area contributed by atoms with Gasteiger partial charge in [0.1, 0.15) is 17.3 Å². The molecule has 1 aromatic heterocycles. The molecular formula is C22H23ClF3N7O4. The zero-order chi connectivity index (χ0) is 26.8. The van der Waals surface area contributed by atoms with Crippen molar-refractivity contribution in [1.82, 2.24) is 25.5 Å². The van der Waals surface area contributed by atoms with E-state index in [4.69, 9.17) is 27.8 Å². The van der Waals surface area contributed by atoms with Crippen LogP contribution in [-0.4, -0.2) is 64.7 Å². The van der Waals surface area contributed by atoms with Crippen molar-refractivity contribution >= 4 is 34.9 Å². The van der Waals surface area contributed by atoms with E-state index in [-0.39, 0.29) is 52.0 Å². The number of aromatic nitrogens is 2. The van der Waals surface area contributed by atoms with Crippen LogP contribution in [0.15, 0.2) is 36.2 Å². The summed E-state index contributed by atoms with van der Waals surface area (Å²) in [4.78, 5) is 34.5. The molecule has 2 saturated heterocycles. The Morgan fingerprint density at radius 2 is 1.76 bits per heavy atom. The molecule has 0 radical (unpaired) electrons. The molecule has 37 heavy (non-hydrogen) atoms. The number of allylic oxidation sites excluding steroid dienone is 1. The maximum atomic E-state index is 12.6. The molecule has 2 aromatic rings. The number of anilines is 2. The molecule has 1 aromatic carbocycles. The van der Waals surface area contributed by atoms with E-state index in [1.807, 2.05) is 0 Å². The van der Waals surface area contributed by atoms with Crippen molar-refractivity contribution in [1.29, 1.82) is 0 Å². The van der Waals surface area contributed by atoms with Gasteiger partial charge in [-0.25, -0.2) is 9.97 Å². The highest BCUT2D eigenvalue weighted by Crippen LogP contribution is 2.28. The minimum Gasteiger partial charge on any atom is -0.484 e. The number of hydrogen-bond acceptors (Lipinski definition) is 10. The fourth-order valence-corrected chi connectivity index (χ4v) is 4.13. The molecule has 11 nitrogen and oxygen atoms in total. The molecule has 1 spiro atoms. The summed E-state index contributed by atoms with van der Waals surface area (Å²) in [6, 6.07) is 4.80. The molecule has 15 heteroatoms. The lowest BCUT2D eigenvalue weighted by molar-refractivity contribution is -0.274. The van der Waals surface area contributed by atoms with Crippen LogP contribution in [-0.2, 0) is 4.79 Å². The number of ether oxygens (including phenoxy) is 2. The number of nitrogens with zero attached hydrogens (tertiary/aromatic N) is 3. The first-order valence-electron chi connectivity index (χ1n) is 11.1. The van der Waals surface area contributed by atoms with Gasteiger partial charge in [-0.2, -0.15) is 0 Å². The highest BCUT2D eigenvalue weighted by molar-refractivity contribution is 6.31. The average molecular weight is 542 g/mol. The van der Waals surface area contributed by atoms with Crippen molar-refractivity contribution in [3.05, 3.63) is 47.0 Å². The van der Waals surface area contributed by atoms with Crippen LogP contribution in [0.5, 0.6) is 11.5 Å². The quantitative estimate of drug-likeness (QED) is 0.314. The molecular weight excluding hydrogens is 519 g/mol. The summed E-state index contributed by atoms with van der Waals surface area (Å²) in [6.07, 6.45) is -2.25. The van der Waals surface area contributed by atoms with Crippen LogP contribution in [0.4, 0.5) is 24.8 Å². The number of carbonyl (C=O) groups excluding carboxylic acids is 2. The third-order valence-corrected chi connectivity index (χ3v) is 6.20. The van der Waals surface area contributed by atoms with Gasteiger partial charge in [-0.05, 0) is 37.1 Å². The second-order valence-corrected chi connectivity index (χ2v) is 8.86. The number of ketones is 1. The number of likely N-dealkylation sites (tertiary alicyclic amines) is 1. The average Bonchev–Trinajstić information content (AvgIpc) is 3.21. The molecule has 2 aliphatic rings. The molecule has 2 aliphatic heterocycles. The van der Waals surface area contributed by atoms with Gasteiger partial charge in [0.15, 0.2) is 29.1 Å². The molecule has 0 bridgehead atoms. The Morgan fingerprint density at radius 1 is 1.11 bits per heavy atom. The number of hydrogen-bond donors (Lipinski definition) is 4. The minimum absolute atomic E-state index is 0.0698.